The zero-order valence-electron chi connectivity index (χ0n) is 21.4. The third kappa shape index (κ3) is 4.97. The first kappa shape index (κ1) is 25.8. The van der Waals surface area contributed by atoms with Gasteiger partial charge in [-0.2, -0.15) is 0 Å². The molecule has 0 spiro atoms. The summed E-state index contributed by atoms with van der Waals surface area (Å²) in [6.07, 6.45) is 0. The average Bonchev–Trinajstić information content (AvgIpc) is 2.92. The summed E-state index contributed by atoms with van der Waals surface area (Å²) in [5.41, 5.74) is 4.55. The number of aromatic carboxylic acids is 1. The molecule has 0 aliphatic carbocycles. The summed E-state index contributed by atoms with van der Waals surface area (Å²) in [5, 5.41) is 13.4. The molecule has 4 aromatic rings. The Hall–Kier alpha value is -3.88. The summed E-state index contributed by atoms with van der Waals surface area (Å²) >= 11 is 5.91. The number of carbonyl (C=O) groups is 1. The number of benzene rings is 2. The first-order chi connectivity index (χ1) is 18.2. The molecule has 2 aromatic heterocycles. The number of hydrogen-bond acceptors (Lipinski definition) is 7. The van der Waals surface area contributed by atoms with Crippen molar-refractivity contribution in [1.29, 1.82) is 0 Å². The number of aromatic nitrogens is 1. The lowest BCUT2D eigenvalue weighted by atomic mass is 9.98. The van der Waals surface area contributed by atoms with Gasteiger partial charge in [0.1, 0.15) is 16.5 Å². The topological polar surface area (TPSA) is 105 Å². The number of carboxylic acid groups (broad SMARTS) is 1. The fourth-order valence-corrected chi connectivity index (χ4v) is 4.98. The molecule has 0 bridgehead atoms. The van der Waals surface area contributed by atoms with Crippen LogP contribution in [0.2, 0.25) is 5.15 Å². The minimum Gasteiger partial charge on any atom is -0.476 e. The zero-order chi connectivity index (χ0) is 27.0. The minimum atomic E-state index is -1.19. The van der Waals surface area contributed by atoms with E-state index >= 15 is 0 Å². The smallest absolute Gasteiger partial charge is 0.356 e. The van der Waals surface area contributed by atoms with Crippen LogP contribution in [-0.2, 0) is 4.74 Å². The molecule has 196 valence electrons. The number of anilines is 2. The highest BCUT2D eigenvalue weighted by Gasteiger charge is 2.21. The van der Waals surface area contributed by atoms with E-state index in [1.54, 1.807) is 13.0 Å². The number of morpholine rings is 1. The molecule has 1 saturated heterocycles. The van der Waals surface area contributed by atoms with E-state index in [0.717, 1.165) is 35.5 Å². The SMILES string of the molecule is Cc1cc(C(C)Nc2ccc(Cl)nc2C(=O)O)c2oc(-c3ccc(N4CCOCC4)cc3)c(C)c(=O)c2c1. The van der Waals surface area contributed by atoms with E-state index in [4.69, 9.17) is 20.8 Å². The van der Waals surface area contributed by atoms with Crippen molar-refractivity contribution in [3.63, 3.8) is 0 Å². The van der Waals surface area contributed by atoms with Crippen LogP contribution >= 0.6 is 11.6 Å². The maximum atomic E-state index is 13.5. The van der Waals surface area contributed by atoms with Gasteiger partial charge in [-0.15, -0.1) is 0 Å². The number of carboxylic acids is 1. The van der Waals surface area contributed by atoms with E-state index in [2.05, 4.69) is 15.2 Å². The van der Waals surface area contributed by atoms with E-state index in [-0.39, 0.29) is 16.3 Å². The van der Waals surface area contributed by atoms with Gasteiger partial charge in [0.15, 0.2) is 11.1 Å². The quantitative estimate of drug-likeness (QED) is 0.298. The van der Waals surface area contributed by atoms with Crippen molar-refractivity contribution in [1.82, 2.24) is 4.98 Å². The number of nitrogens with zero attached hydrogens (tertiary/aromatic N) is 2. The highest BCUT2D eigenvalue weighted by Crippen LogP contribution is 2.33. The molecule has 0 amide bonds. The Kier molecular flexibility index (Phi) is 7.10. The number of ether oxygens (including phenoxy) is 1. The van der Waals surface area contributed by atoms with E-state index in [1.165, 1.54) is 6.07 Å². The fourth-order valence-electron chi connectivity index (χ4n) is 4.84. The summed E-state index contributed by atoms with van der Waals surface area (Å²) in [6, 6.07) is 14.5. The molecule has 38 heavy (non-hydrogen) atoms. The first-order valence-corrected chi connectivity index (χ1v) is 12.8. The predicted octanol–water partition coefficient (Wildman–Crippen LogP) is 5.83. The van der Waals surface area contributed by atoms with E-state index in [1.807, 2.05) is 50.2 Å². The standard InChI is InChI=1S/C29H28ClN3O5/c1-16-14-21(18(3)31-23-8-9-24(30)32-25(23)29(35)36)28-22(15-16)26(34)17(2)27(38-28)19-4-6-20(7-5-19)33-10-12-37-13-11-33/h4-9,14-15,18,31H,10-13H2,1-3H3,(H,35,36). The number of aryl methyl sites for hydroxylation is 1. The largest absolute Gasteiger partial charge is 0.476 e. The Morgan fingerprint density at radius 2 is 1.82 bits per heavy atom. The summed E-state index contributed by atoms with van der Waals surface area (Å²) in [4.78, 5) is 31.4. The van der Waals surface area contributed by atoms with Gasteiger partial charge in [-0.3, -0.25) is 4.79 Å². The predicted molar refractivity (Wildman–Crippen MR) is 149 cm³/mol. The van der Waals surface area contributed by atoms with Crippen molar-refractivity contribution in [3.05, 3.63) is 86.3 Å². The molecule has 1 atom stereocenters. The van der Waals surface area contributed by atoms with E-state index < -0.39 is 12.0 Å². The van der Waals surface area contributed by atoms with Crippen LogP contribution in [0, 0.1) is 13.8 Å². The summed E-state index contributed by atoms with van der Waals surface area (Å²) in [7, 11) is 0. The molecular weight excluding hydrogens is 506 g/mol. The molecular formula is C29H28ClN3O5. The van der Waals surface area contributed by atoms with Gasteiger partial charge >= 0.3 is 5.97 Å². The van der Waals surface area contributed by atoms with Crippen molar-refractivity contribution in [2.24, 2.45) is 0 Å². The van der Waals surface area contributed by atoms with Crippen LogP contribution in [-0.4, -0.2) is 42.4 Å². The molecule has 5 rings (SSSR count). The fraction of sp³-hybridized carbons (Fsp3) is 0.276. The van der Waals surface area contributed by atoms with Gasteiger partial charge in [0.2, 0.25) is 0 Å². The van der Waals surface area contributed by atoms with Crippen molar-refractivity contribution in [2.75, 3.05) is 36.5 Å². The Morgan fingerprint density at radius 1 is 1.11 bits per heavy atom. The lowest BCUT2D eigenvalue weighted by Gasteiger charge is -2.28. The van der Waals surface area contributed by atoms with Gasteiger partial charge in [-0.05, 0) is 68.8 Å². The van der Waals surface area contributed by atoms with Crippen LogP contribution in [0.5, 0.6) is 0 Å². The number of nitrogens with one attached hydrogen (secondary N) is 1. The second kappa shape index (κ2) is 10.5. The Bertz CT molecular complexity index is 1580. The molecule has 9 heteroatoms. The molecule has 0 radical (unpaired) electrons. The maximum absolute atomic E-state index is 13.5. The zero-order valence-corrected chi connectivity index (χ0v) is 22.1. The Labute approximate surface area is 224 Å². The molecule has 2 N–H and O–H groups in total. The molecule has 8 nitrogen and oxygen atoms in total. The van der Waals surface area contributed by atoms with Crippen LogP contribution in [0.3, 0.4) is 0 Å². The Balaban J connectivity index is 1.57. The van der Waals surface area contributed by atoms with E-state index in [0.29, 0.717) is 41.2 Å². The van der Waals surface area contributed by atoms with Gasteiger partial charge in [0, 0.05) is 35.5 Å². The third-order valence-corrected chi connectivity index (χ3v) is 7.01. The normalized spacial score (nSPS) is 14.5. The lowest BCUT2D eigenvalue weighted by molar-refractivity contribution is 0.0691. The second-order valence-electron chi connectivity index (χ2n) is 9.46. The van der Waals surface area contributed by atoms with Crippen LogP contribution in [0.25, 0.3) is 22.3 Å². The molecule has 1 aliphatic rings. The van der Waals surface area contributed by atoms with Crippen LogP contribution < -0.4 is 15.6 Å². The monoisotopic (exact) mass is 533 g/mol. The summed E-state index contributed by atoms with van der Waals surface area (Å²) in [6.45, 7) is 8.65. The van der Waals surface area contributed by atoms with Crippen molar-refractivity contribution >= 4 is 39.9 Å². The molecule has 1 unspecified atom stereocenters. The van der Waals surface area contributed by atoms with Crippen LogP contribution in [0.4, 0.5) is 11.4 Å². The number of hydrogen-bond donors (Lipinski definition) is 2. The van der Waals surface area contributed by atoms with Crippen LogP contribution in [0.15, 0.2) is 57.7 Å². The maximum Gasteiger partial charge on any atom is 0.356 e. The highest BCUT2D eigenvalue weighted by atomic mass is 35.5. The molecule has 0 saturated carbocycles. The molecule has 1 aliphatic heterocycles. The lowest BCUT2D eigenvalue weighted by Crippen LogP contribution is -2.36. The average molecular weight is 534 g/mol. The second-order valence-corrected chi connectivity index (χ2v) is 9.85. The summed E-state index contributed by atoms with van der Waals surface area (Å²) < 4.78 is 11.9. The van der Waals surface area contributed by atoms with Gasteiger partial charge in [0.25, 0.3) is 0 Å². The van der Waals surface area contributed by atoms with Gasteiger partial charge < -0.3 is 24.5 Å². The van der Waals surface area contributed by atoms with Crippen molar-refractivity contribution < 1.29 is 19.1 Å². The number of pyridine rings is 1. The van der Waals surface area contributed by atoms with Gasteiger partial charge in [-0.1, -0.05) is 17.7 Å². The first-order valence-electron chi connectivity index (χ1n) is 12.4. The molecule has 1 fully saturated rings. The van der Waals surface area contributed by atoms with Gasteiger partial charge in [-0.25, -0.2) is 9.78 Å². The van der Waals surface area contributed by atoms with Crippen molar-refractivity contribution in [2.45, 2.75) is 26.8 Å². The Morgan fingerprint density at radius 3 is 2.50 bits per heavy atom. The van der Waals surface area contributed by atoms with E-state index in [9.17, 15) is 14.7 Å². The summed E-state index contributed by atoms with van der Waals surface area (Å²) in [5.74, 6) is -0.686. The number of fused-ring (bicyclic) bond motifs is 1. The van der Waals surface area contributed by atoms with Crippen molar-refractivity contribution in [3.8, 4) is 11.3 Å². The molecule has 3 heterocycles. The van der Waals surface area contributed by atoms with Crippen LogP contribution in [0.1, 0.15) is 40.1 Å². The van der Waals surface area contributed by atoms with Gasteiger partial charge in [0.05, 0.1) is 30.3 Å². The highest BCUT2D eigenvalue weighted by molar-refractivity contribution is 6.29. The minimum absolute atomic E-state index is 0.0901. The number of halogens is 1. The molecule has 2 aromatic carbocycles. The number of rotatable bonds is 6. The third-order valence-electron chi connectivity index (χ3n) is 6.80.